The minimum Gasteiger partial charge on any atom is -0.409 e. The lowest BCUT2D eigenvalue weighted by atomic mass is 10.2. The minimum atomic E-state index is 0.0677. The molecule has 3 N–H and O–H groups in total. The summed E-state index contributed by atoms with van der Waals surface area (Å²) in [7, 11) is 0. The number of hydrogen-bond donors (Lipinski definition) is 2. The van der Waals surface area contributed by atoms with Crippen LogP contribution in [-0.2, 0) is 0 Å². The zero-order valence-corrected chi connectivity index (χ0v) is 8.74. The van der Waals surface area contributed by atoms with E-state index in [-0.39, 0.29) is 11.8 Å². The van der Waals surface area contributed by atoms with Gasteiger partial charge in [-0.15, -0.1) is 11.8 Å². The van der Waals surface area contributed by atoms with Crippen molar-refractivity contribution in [3.05, 3.63) is 24.5 Å². The highest BCUT2D eigenvalue weighted by atomic mass is 32.2. The van der Waals surface area contributed by atoms with Crippen molar-refractivity contribution in [3.63, 3.8) is 0 Å². The van der Waals surface area contributed by atoms with Gasteiger partial charge in [0.05, 0.1) is 0 Å². The van der Waals surface area contributed by atoms with Gasteiger partial charge in [0, 0.05) is 29.0 Å². The van der Waals surface area contributed by atoms with E-state index in [2.05, 4.69) is 10.1 Å². The van der Waals surface area contributed by atoms with Crippen molar-refractivity contribution in [1.82, 2.24) is 4.98 Å². The number of aromatic nitrogens is 1. The van der Waals surface area contributed by atoms with E-state index >= 15 is 0 Å². The average Bonchev–Trinajstić information content (AvgIpc) is 2.26. The first-order valence-corrected chi connectivity index (χ1v) is 5.23. The molecule has 4 nitrogen and oxygen atoms in total. The largest absolute Gasteiger partial charge is 0.409 e. The lowest BCUT2D eigenvalue weighted by Gasteiger charge is -2.08. The molecule has 0 aliphatic carbocycles. The van der Waals surface area contributed by atoms with E-state index < -0.39 is 0 Å². The molecule has 0 aromatic carbocycles. The topological polar surface area (TPSA) is 71.5 Å². The highest BCUT2D eigenvalue weighted by molar-refractivity contribution is 7.99. The van der Waals surface area contributed by atoms with Gasteiger partial charge in [-0.05, 0) is 12.1 Å². The van der Waals surface area contributed by atoms with Gasteiger partial charge in [0.25, 0.3) is 0 Å². The highest BCUT2D eigenvalue weighted by Gasteiger charge is 2.07. The van der Waals surface area contributed by atoms with Gasteiger partial charge in [-0.25, -0.2) is 0 Å². The third kappa shape index (κ3) is 3.26. The van der Waals surface area contributed by atoms with Gasteiger partial charge in [0.1, 0.15) is 5.84 Å². The zero-order valence-electron chi connectivity index (χ0n) is 7.92. The van der Waals surface area contributed by atoms with Gasteiger partial charge in [0.15, 0.2) is 0 Å². The molecule has 0 fully saturated rings. The molecule has 0 amide bonds. The monoisotopic (exact) mass is 211 g/mol. The number of rotatable bonds is 4. The van der Waals surface area contributed by atoms with E-state index in [4.69, 9.17) is 10.9 Å². The van der Waals surface area contributed by atoms with Gasteiger partial charge >= 0.3 is 0 Å². The molecule has 76 valence electrons. The van der Waals surface area contributed by atoms with Crippen molar-refractivity contribution in [2.24, 2.45) is 16.8 Å². The van der Waals surface area contributed by atoms with Crippen molar-refractivity contribution >= 4 is 17.6 Å². The number of amidine groups is 1. The average molecular weight is 211 g/mol. The van der Waals surface area contributed by atoms with E-state index in [0.717, 1.165) is 10.6 Å². The summed E-state index contributed by atoms with van der Waals surface area (Å²) in [6.07, 6.45) is 3.49. The Kier molecular flexibility index (Phi) is 4.25. The van der Waals surface area contributed by atoms with E-state index in [1.54, 1.807) is 24.2 Å². The van der Waals surface area contributed by atoms with Crippen LogP contribution in [0, 0.1) is 5.92 Å². The molecule has 0 saturated heterocycles. The van der Waals surface area contributed by atoms with Gasteiger partial charge < -0.3 is 10.9 Å². The minimum absolute atomic E-state index is 0.0677. The fourth-order valence-electron chi connectivity index (χ4n) is 0.840. The van der Waals surface area contributed by atoms with Crippen LogP contribution in [-0.4, -0.2) is 21.8 Å². The number of nitrogens with zero attached hydrogens (tertiary/aromatic N) is 2. The Morgan fingerprint density at radius 2 is 2.29 bits per heavy atom. The molecule has 1 aromatic rings. The fraction of sp³-hybridized carbons (Fsp3) is 0.333. The van der Waals surface area contributed by atoms with Crippen LogP contribution < -0.4 is 5.73 Å². The second-order valence-electron chi connectivity index (χ2n) is 2.92. The number of oxime groups is 1. The third-order valence-electron chi connectivity index (χ3n) is 1.77. The predicted molar refractivity (Wildman–Crippen MR) is 57.5 cm³/mol. The molecule has 0 saturated carbocycles. The van der Waals surface area contributed by atoms with Crippen LogP contribution in [0.2, 0.25) is 0 Å². The number of thioether (sulfide) groups is 1. The zero-order chi connectivity index (χ0) is 10.4. The number of nitrogens with two attached hydrogens (primary N) is 1. The first kappa shape index (κ1) is 10.8. The van der Waals surface area contributed by atoms with Crippen LogP contribution in [0.25, 0.3) is 0 Å². The molecular weight excluding hydrogens is 198 g/mol. The van der Waals surface area contributed by atoms with Crippen LogP contribution >= 0.6 is 11.8 Å². The lowest BCUT2D eigenvalue weighted by molar-refractivity contribution is 0.315. The summed E-state index contributed by atoms with van der Waals surface area (Å²) in [5.74, 6) is 1.13. The Morgan fingerprint density at radius 3 is 2.86 bits per heavy atom. The van der Waals surface area contributed by atoms with Crippen LogP contribution in [0.4, 0.5) is 0 Å². The molecule has 1 heterocycles. The van der Waals surface area contributed by atoms with Gasteiger partial charge in [-0.3, -0.25) is 4.98 Å². The maximum atomic E-state index is 8.45. The lowest BCUT2D eigenvalue weighted by Crippen LogP contribution is -2.22. The second kappa shape index (κ2) is 5.49. The quantitative estimate of drug-likeness (QED) is 0.261. The Labute approximate surface area is 87.2 Å². The van der Waals surface area contributed by atoms with Gasteiger partial charge in [-0.1, -0.05) is 12.1 Å². The Morgan fingerprint density at radius 1 is 1.64 bits per heavy atom. The Balaban J connectivity index is 2.42. The molecule has 14 heavy (non-hydrogen) atoms. The number of hydrogen-bond acceptors (Lipinski definition) is 4. The highest BCUT2D eigenvalue weighted by Crippen LogP contribution is 2.19. The standard InChI is InChI=1S/C9H13N3OS/c1-7(9(10)12-13)6-14-8-2-4-11-5-3-8/h2-5,7,13H,6H2,1H3,(H2,10,12). The first-order valence-electron chi connectivity index (χ1n) is 4.24. The predicted octanol–water partition coefficient (Wildman–Crippen LogP) is 1.56. The first-order chi connectivity index (χ1) is 6.74. The molecule has 5 heteroatoms. The van der Waals surface area contributed by atoms with E-state index in [9.17, 15) is 0 Å². The van der Waals surface area contributed by atoms with Crippen molar-refractivity contribution in [1.29, 1.82) is 0 Å². The third-order valence-corrected chi connectivity index (χ3v) is 3.04. The molecule has 1 atom stereocenters. The molecule has 0 aliphatic heterocycles. The van der Waals surface area contributed by atoms with Crippen LogP contribution in [0.3, 0.4) is 0 Å². The van der Waals surface area contributed by atoms with Gasteiger partial charge in [0.2, 0.25) is 0 Å². The normalized spacial score (nSPS) is 13.9. The van der Waals surface area contributed by atoms with E-state index in [1.807, 2.05) is 19.1 Å². The maximum absolute atomic E-state index is 8.45. The molecule has 1 rings (SSSR count). The summed E-state index contributed by atoms with van der Waals surface area (Å²) in [4.78, 5) is 5.06. The molecule has 1 unspecified atom stereocenters. The summed E-state index contributed by atoms with van der Waals surface area (Å²) in [5, 5.41) is 11.4. The van der Waals surface area contributed by atoms with Crippen molar-refractivity contribution in [2.75, 3.05) is 5.75 Å². The van der Waals surface area contributed by atoms with Gasteiger partial charge in [-0.2, -0.15) is 0 Å². The van der Waals surface area contributed by atoms with Crippen molar-refractivity contribution in [2.45, 2.75) is 11.8 Å². The fourth-order valence-corrected chi connectivity index (χ4v) is 1.77. The summed E-state index contributed by atoms with van der Waals surface area (Å²) in [6.45, 7) is 1.92. The SMILES string of the molecule is CC(CSc1ccncc1)C(N)=NO. The summed E-state index contributed by atoms with van der Waals surface area (Å²) in [5.41, 5.74) is 5.45. The maximum Gasteiger partial charge on any atom is 0.142 e. The molecule has 0 aliphatic rings. The summed E-state index contributed by atoms with van der Waals surface area (Å²) >= 11 is 1.66. The molecule has 0 radical (unpaired) electrons. The molecule has 1 aromatic heterocycles. The van der Waals surface area contributed by atoms with Crippen LogP contribution in [0.15, 0.2) is 34.6 Å². The van der Waals surface area contributed by atoms with E-state index in [1.165, 1.54) is 0 Å². The Hall–Kier alpha value is -1.23. The van der Waals surface area contributed by atoms with Crippen molar-refractivity contribution in [3.8, 4) is 0 Å². The van der Waals surface area contributed by atoms with Crippen molar-refractivity contribution < 1.29 is 5.21 Å². The summed E-state index contributed by atoms with van der Waals surface area (Å²) in [6, 6.07) is 3.87. The van der Waals surface area contributed by atoms with E-state index in [0.29, 0.717) is 0 Å². The molecule has 0 spiro atoms. The van der Waals surface area contributed by atoms with Crippen LogP contribution in [0.1, 0.15) is 6.92 Å². The number of pyridine rings is 1. The van der Waals surface area contributed by atoms with Crippen LogP contribution in [0.5, 0.6) is 0 Å². The molecular formula is C9H13N3OS. The smallest absolute Gasteiger partial charge is 0.142 e. The second-order valence-corrected chi connectivity index (χ2v) is 4.01. The summed E-state index contributed by atoms with van der Waals surface area (Å²) < 4.78 is 0. The Bertz CT molecular complexity index is 302. The molecule has 0 bridgehead atoms.